The molecule has 2 fully saturated rings. The minimum atomic E-state index is -0.427. The molecule has 8 nitrogen and oxygen atoms in total. The van der Waals surface area contributed by atoms with Crippen LogP contribution in [0, 0.1) is 0 Å². The maximum absolute atomic E-state index is 12.2. The van der Waals surface area contributed by atoms with E-state index in [4.69, 9.17) is 21.2 Å². The molecule has 162 valence electrons. The Hall–Kier alpha value is -2.17. The van der Waals surface area contributed by atoms with Gasteiger partial charge in [-0.2, -0.15) is 5.48 Å². The molecule has 0 radical (unpaired) electrons. The van der Waals surface area contributed by atoms with E-state index >= 15 is 0 Å². The second-order valence-electron chi connectivity index (χ2n) is 6.38. The Morgan fingerprint density at radius 2 is 2.03 bits per heavy atom. The lowest BCUT2D eigenvalue weighted by atomic mass is 10.1. The number of hydrogen-bond acceptors (Lipinski definition) is 7. The van der Waals surface area contributed by atoms with E-state index < -0.39 is 12.2 Å². The summed E-state index contributed by atoms with van der Waals surface area (Å²) in [5.74, 6) is -0.231. The minimum Gasteiger partial charge on any atom is -0.442 e. The van der Waals surface area contributed by atoms with Gasteiger partial charge in [-0.1, -0.05) is 37.6 Å². The molecular weight excluding hydrogens is 428 g/mol. The van der Waals surface area contributed by atoms with Gasteiger partial charge < -0.3 is 10.1 Å². The molecule has 0 bridgehead atoms. The summed E-state index contributed by atoms with van der Waals surface area (Å²) < 4.78 is 5.92. The molecule has 3 heterocycles. The van der Waals surface area contributed by atoms with Crippen LogP contribution in [0.3, 0.4) is 0 Å². The topological polar surface area (TPSA) is 91.9 Å². The van der Waals surface area contributed by atoms with Gasteiger partial charge in [-0.25, -0.2) is 4.79 Å². The average Bonchev–Trinajstić information content (AvgIpc) is 3.39. The van der Waals surface area contributed by atoms with Gasteiger partial charge in [0.2, 0.25) is 0 Å². The molecule has 0 spiro atoms. The standard InChI is InChI=1S/C18H19ClN4O4S.C2H6/c19-15-6-5-14(28-15)17(24)21-9-13-10-23(18(25)27-13)12-3-1-11(2-4-12)16-20-7-8-26-22-16;1-2/h1-6,13,16,20,22H,7-10H2,(H,21,24);1-2H3. The van der Waals surface area contributed by atoms with E-state index in [2.05, 4.69) is 16.1 Å². The van der Waals surface area contributed by atoms with E-state index in [-0.39, 0.29) is 18.6 Å². The monoisotopic (exact) mass is 452 g/mol. The van der Waals surface area contributed by atoms with Crippen LogP contribution in [-0.4, -0.2) is 44.3 Å². The van der Waals surface area contributed by atoms with Crippen LogP contribution in [0.15, 0.2) is 36.4 Å². The van der Waals surface area contributed by atoms with E-state index in [9.17, 15) is 9.59 Å². The van der Waals surface area contributed by atoms with E-state index in [1.807, 2.05) is 38.1 Å². The van der Waals surface area contributed by atoms with Gasteiger partial charge in [0.25, 0.3) is 5.91 Å². The molecule has 30 heavy (non-hydrogen) atoms. The van der Waals surface area contributed by atoms with E-state index in [1.165, 1.54) is 11.3 Å². The first-order chi connectivity index (χ1) is 14.6. The predicted molar refractivity (Wildman–Crippen MR) is 117 cm³/mol. The number of cyclic esters (lactones) is 1. The first kappa shape index (κ1) is 22.5. The number of carbonyl (C=O) groups excluding carboxylic acids is 2. The molecule has 2 aromatic rings. The number of rotatable bonds is 5. The minimum absolute atomic E-state index is 0.0814. The van der Waals surface area contributed by atoms with Crippen LogP contribution >= 0.6 is 22.9 Å². The van der Waals surface area contributed by atoms with E-state index in [0.29, 0.717) is 22.4 Å². The summed E-state index contributed by atoms with van der Waals surface area (Å²) >= 11 is 7.05. The number of thiophene rings is 1. The Morgan fingerprint density at radius 3 is 2.67 bits per heavy atom. The summed E-state index contributed by atoms with van der Waals surface area (Å²) in [6.45, 7) is 5.99. The molecular formula is C20H25ClN4O4S. The van der Waals surface area contributed by atoms with Crippen molar-refractivity contribution in [1.29, 1.82) is 0 Å². The Balaban J connectivity index is 0.00000124. The van der Waals surface area contributed by atoms with Gasteiger partial charge in [0.05, 0.1) is 28.9 Å². The van der Waals surface area contributed by atoms with Gasteiger partial charge in [0.1, 0.15) is 12.3 Å². The fraction of sp³-hybridized carbons (Fsp3) is 0.400. The molecule has 1 aromatic heterocycles. The summed E-state index contributed by atoms with van der Waals surface area (Å²) in [6, 6.07) is 10.9. The summed E-state index contributed by atoms with van der Waals surface area (Å²) in [5, 5.41) is 6.07. The molecule has 0 aliphatic carbocycles. The number of benzene rings is 1. The Kier molecular flexibility index (Phi) is 8.06. The average molecular weight is 453 g/mol. The smallest absolute Gasteiger partial charge is 0.414 e. The Bertz CT molecular complexity index is 855. The number of hydroxylamine groups is 1. The Morgan fingerprint density at radius 1 is 1.27 bits per heavy atom. The number of halogens is 1. The summed E-state index contributed by atoms with van der Waals surface area (Å²) in [5.41, 5.74) is 4.67. The zero-order valence-corrected chi connectivity index (χ0v) is 18.4. The van der Waals surface area contributed by atoms with Crippen LogP contribution in [-0.2, 0) is 9.57 Å². The van der Waals surface area contributed by atoms with Crippen LogP contribution in [0.4, 0.5) is 10.5 Å². The number of carbonyl (C=O) groups is 2. The lowest BCUT2D eigenvalue weighted by molar-refractivity contribution is -0.0238. The molecule has 0 saturated carbocycles. The fourth-order valence-corrected chi connectivity index (χ4v) is 4.00. The molecule has 2 atom stereocenters. The van der Waals surface area contributed by atoms with Gasteiger partial charge in [-0.05, 0) is 29.8 Å². The van der Waals surface area contributed by atoms with Crippen molar-refractivity contribution >= 4 is 40.6 Å². The first-order valence-electron chi connectivity index (χ1n) is 9.82. The number of ether oxygens (including phenoxy) is 1. The van der Waals surface area contributed by atoms with Gasteiger partial charge in [-0.3, -0.25) is 19.8 Å². The fourth-order valence-electron chi connectivity index (χ4n) is 3.04. The van der Waals surface area contributed by atoms with Gasteiger partial charge in [0, 0.05) is 12.2 Å². The van der Waals surface area contributed by atoms with Crippen molar-refractivity contribution in [3.63, 3.8) is 0 Å². The number of nitrogens with one attached hydrogen (secondary N) is 3. The third kappa shape index (κ3) is 5.50. The highest BCUT2D eigenvalue weighted by atomic mass is 35.5. The molecule has 2 amide bonds. The van der Waals surface area contributed by atoms with Crippen molar-refractivity contribution in [2.24, 2.45) is 0 Å². The maximum atomic E-state index is 12.2. The van der Waals surface area contributed by atoms with Crippen LogP contribution in [0.25, 0.3) is 0 Å². The molecule has 3 N–H and O–H groups in total. The van der Waals surface area contributed by atoms with Crippen molar-refractivity contribution in [2.75, 3.05) is 31.1 Å². The largest absolute Gasteiger partial charge is 0.442 e. The highest BCUT2D eigenvalue weighted by Gasteiger charge is 2.32. The van der Waals surface area contributed by atoms with Crippen molar-refractivity contribution in [3.8, 4) is 0 Å². The van der Waals surface area contributed by atoms with Crippen molar-refractivity contribution in [2.45, 2.75) is 26.1 Å². The molecule has 2 aliphatic heterocycles. The lowest BCUT2D eigenvalue weighted by Crippen LogP contribution is -2.42. The van der Waals surface area contributed by atoms with Crippen LogP contribution < -0.4 is 21.0 Å². The molecule has 1 aromatic carbocycles. The summed E-state index contributed by atoms with van der Waals surface area (Å²) in [7, 11) is 0. The summed E-state index contributed by atoms with van der Waals surface area (Å²) in [6.07, 6.45) is -0.924. The number of nitrogens with zero attached hydrogens (tertiary/aromatic N) is 1. The highest BCUT2D eigenvalue weighted by Crippen LogP contribution is 2.24. The molecule has 10 heteroatoms. The molecule has 2 unspecified atom stereocenters. The third-order valence-electron chi connectivity index (χ3n) is 4.45. The van der Waals surface area contributed by atoms with Crippen LogP contribution in [0.2, 0.25) is 4.34 Å². The number of hydrogen-bond donors (Lipinski definition) is 3. The normalized spacial score (nSPS) is 20.9. The highest BCUT2D eigenvalue weighted by molar-refractivity contribution is 7.17. The van der Waals surface area contributed by atoms with E-state index in [1.54, 1.807) is 17.0 Å². The first-order valence-corrected chi connectivity index (χ1v) is 11.0. The molecule has 4 rings (SSSR count). The molecule has 2 aliphatic rings. The van der Waals surface area contributed by atoms with Gasteiger partial charge >= 0.3 is 6.09 Å². The van der Waals surface area contributed by atoms with E-state index in [0.717, 1.165) is 17.8 Å². The second-order valence-corrected chi connectivity index (χ2v) is 8.09. The van der Waals surface area contributed by atoms with Crippen molar-refractivity contribution < 1.29 is 19.2 Å². The zero-order valence-electron chi connectivity index (χ0n) is 16.8. The third-order valence-corrected chi connectivity index (χ3v) is 5.68. The van der Waals surface area contributed by atoms with Crippen LogP contribution in [0.5, 0.6) is 0 Å². The maximum Gasteiger partial charge on any atom is 0.414 e. The quantitative estimate of drug-likeness (QED) is 0.644. The zero-order chi connectivity index (χ0) is 21.5. The second kappa shape index (κ2) is 10.7. The van der Waals surface area contributed by atoms with Crippen molar-refractivity contribution in [3.05, 3.63) is 51.2 Å². The lowest BCUT2D eigenvalue weighted by Gasteiger charge is -2.25. The predicted octanol–water partition coefficient (Wildman–Crippen LogP) is 3.31. The summed E-state index contributed by atoms with van der Waals surface area (Å²) in [4.78, 5) is 31.6. The molecule has 2 saturated heterocycles. The Labute approximate surface area is 184 Å². The van der Waals surface area contributed by atoms with Gasteiger partial charge in [0.15, 0.2) is 0 Å². The van der Waals surface area contributed by atoms with Crippen molar-refractivity contribution in [1.82, 2.24) is 16.1 Å². The number of amides is 2. The van der Waals surface area contributed by atoms with Gasteiger partial charge in [-0.15, -0.1) is 11.3 Å². The number of anilines is 1. The SMILES string of the molecule is CC.O=C(NCC1CN(c2ccc(C3NCCON3)cc2)C(=O)O1)c1ccc(Cl)s1. The van der Waals surface area contributed by atoms with Crippen LogP contribution in [0.1, 0.15) is 35.2 Å².